The van der Waals surface area contributed by atoms with Crippen LogP contribution in [-0.2, 0) is 7.05 Å². The maximum Gasteiger partial charge on any atom is 0.280 e. The number of nitro groups is 2. The van der Waals surface area contributed by atoms with Crippen molar-refractivity contribution in [3.05, 3.63) is 72.6 Å². The Bertz CT molecular complexity index is 1110. The van der Waals surface area contributed by atoms with Crippen molar-refractivity contribution in [3.63, 3.8) is 0 Å². The third kappa shape index (κ3) is 3.22. The normalized spacial score (nSPS) is 11.7. The van der Waals surface area contributed by atoms with Gasteiger partial charge in [0.1, 0.15) is 0 Å². The minimum absolute atomic E-state index is 0.209. The van der Waals surface area contributed by atoms with Crippen LogP contribution in [0.2, 0.25) is 0 Å². The van der Waals surface area contributed by atoms with Crippen molar-refractivity contribution < 1.29 is 14.6 Å². The van der Waals surface area contributed by atoms with Crippen molar-refractivity contribution in [2.24, 2.45) is 12.0 Å². The zero-order valence-electron chi connectivity index (χ0n) is 13.7. The molecule has 10 heteroatoms. The third-order valence-corrected chi connectivity index (χ3v) is 4.83. The van der Waals surface area contributed by atoms with E-state index in [9.17, 15) is 25.0 Å². The molecule has 132 valence electrons. The van der Waals surface area contributed by atoms with E-state index in [-0.39, 0.29) is 5.56 Å². The Morgan fingerprint density at radius 1 is 1.08 bits per heavy atom. The minimum Gasteiger partial charge on any atom is -0.319 e. The van der Waals surface area contributed by atoms with Gasteiger partial charge in [-0.05, 0) is 24.6 Å². The summed E-state index contributed by atoms with van der Waals surface area (Å²) in [5, 5.41) is 21.9. The number of benzene rings is 2. The first kappa shape index (κ1) is 17.4. The molecule has 0 radical (unpaired) electrons. The number of hydrogen-bond acceptors (Lipinski definition) is 6. The number of hydrogen-bond donors (Lipinski definition) is 0. The van der Waals surface area contributed by atoms with Crippen LogP contribution in [0, 0.1) is 27.2 Å². The molecule has 0 aliphatic rings. The van der Waals surface area contributed by atoms with Gasteiger partial charge in [-0.1, -0.05) is 17.4 Å². The van der Waals surface area contributed by atoms with Gasteiger partial charge in [0.25, 0.3) is 17.3 Å². The number of carbonyl (C=O) groups excluding carboxylic acids is 1. The Morgan fingerprint density at radius 3 is 2.27 bits per heavy atom. The van der Waals surface area contributed by atoms with Crippen LogP contribution in [0.5, 0.6) is 0 Å². The summed E-state index contributed by atoms with van der Waals surface area (Å²) < 4.78 is 2.66. The van der Waals surface area contributed by atoms with Crippen molar-refractivity contribution in [2.45, 2.75) is 6.92 Å². The summed E-state index contributed by atoms with van der Waals surface area (Å²) in [6, 6.07) is 8.57. The fraction of sp³-hybridized carbons (Fsp3) is 0.125. The molecule has 0 atom stereocenters. The van der Waals surface area contributed by atoms with Gasteiger partial charge in [-0.25, -0.2) is 0 Å². The van der Waals surface area contributed by atoms with Crippen LogP contribution in [0.4, 0.5) is 11.4 Å². The van der Waals surface area contributed by atoms with Gasteiger partial charge in [0, 0.05) is 19.2 Å². The van der Waals surface area contributed by atoms with E-state index in [0.29, 0.717) is 4.80 Å². The van der Waals surface area contributed by atoms with Gasteiger partial charge in [0.2, 0.25) is 0 Å². The highest BCUT2D eigenvalue weighted by Crippen LogP contribution is 2.23. The van der Waals surface area contributed by atoms with Gasteiger partial charge in [0.15, 0.2) is 4.80 Å². The molecule has 1 amide bonds. The van der Waals surface area contributed by atoms with Crippen molar-refractivity contribution in [3.8, 4) is 0 Å². The van der Waals surface area contributed by atoms with E-state index in [0.717, 1.165) is 34.0 Å². The first-order valence-electron chi connectivity index (χ1n) is 7.35. The number of aryl methyl sites for hydroxylation is 2. The molecule has 0 saturated heterocycles. The lowest BCUT2D eigenvalue weighted by molar-refractivity contribution is -0.394. The number of carbonyl (C=O) groups is 1. The molecule has 26 heavy (non-hydrogen) atoms. The van der Waals surface area contributed by atoms with E-state index in [4.69, 9.17) is 0 Å². The molecule has 3 aromatic rings. The second kappa shape index (κ2) is 6.48. The Balaban J connectivity index is 2.13. The molecule has 3 rings (SSSR count). The Kier molecular flexibility index (Phi) is 4.34. The van der Waals surface area contributed by atoms with Crippen LogP contribution in [0.15, 0.2) is 41.4 Å². The number of rotatable bonds is 3. The van der Waals surface area contributed by atoms with Gasteiger partial charge >= 0.3 is 0 Å². The monoisotopic (exact) mass is 372 g/mol. The van der Waals surface area contributed by atoms with Gasteiger partial charge in [-0.3, -0.25) is 25.0 Å². The highest BCUT2D eigenvalue weighted by molar-refractivity contribution is 7.16. The number of nitrogens with zero attached hydrogens (tertiary/aromatic N) is 4. The van der Waals surface area contributed by atoms with E-state index in [1.165, 1.54) is 11.3 Å². The van der Waals surface area contributed by atoms with Gasteiger partial charge in [-0.2, -0.15) is 4.99 Å². The van der Waals surface area contributed by atoms with Crippen LogP contribution in [0.1, 0.15) is 15.9 Å². The topological polar surface area (TPSA) is 121 Å². The fourth-order valence-electron chi connectivity index (χ4n) is 2.43. The number of thiazole rings is 1. The zero-order chi connectivity index (χ0) is 19.0. The lowest BCUT2D eigenvalue weighted by atomic mass is 10.1. The Morgan fingerprint density at radius 2 is 1.69 bits per heavy atom. The molecule has 0 fully saturated rings. The first-order valence-corrected chi connectivity index (χ1v) is 8.17. The average molecular weight is 372 g/mol. The summed E-state index contributed by atoms with van der Waals surface area (Å²) >= 11 is 1.29. The van der Waals surface area contributed by atoms with E-state index in [2.05, 4.69) is 4.99 Å². The predicted octanol–water partition coefficient (Wildman–Crippen LogP) is 3.11. The fourth-order valence-corrected chi connectivity index (χ4v) is 3.54. The average Bonchev–Trinajstić information content (AvgIpc) is 2.89. The molecular formula is C16H12N4O5S. The van der Waals surface area contributed by atoms with Crippen LogP contribution < -0.4 is 4.80 Å². The minimum atomic E-state index is -0.786. The SMILES string of the molecule is Cc1ccc2c(c1)sc(=NC(=O)c1cc([N+](=O)[O-])cc([N+](=O)[O-])c1)n2C. The maximum atomic E-state index is 12.4. The number of nitro benzene ring substituents is 2. The molecule has 0 aliphatic carbocycles. The van der Waals surface area contributed by atoms with E-state index >= 15 is 0 Å². The second-order valence-electron chi connectivity index (χ2n) is 5.58. The molecule has 0 saturated carbocycles. The van der Waals surface area contributed by atoms with E-state index < -0.39 is 27.1 Å². The highest BCUT2D eigenvalue weighted by Gasteiger charge is 2.20. The summed E-state index contributed by atoms with van der Waals surface area (Å²) in [5.74, 6) is -0.782. The van der Waals surface area contributed by atoms with Crippen molar-refractivity contribution in [1.29, 1.82) is 0 Å². The summed E-state index contributed by atoms with van der Waals surface area (Å²) in [6.07, 6.45) is 0. The molecule has 1 heterocycles. The predicted molar refractivity (Wildman–Crippen MR) is 95.2 cm³/mol. The molecule has 2 aromatic carbocycles. The zero-order valence-corrected chi connectivity index (χ0v) is 14.5. The largest absolute Gasteiger partial charge is 0.319 e. The van der Waals surface area contributed by atoms with Crippen molar-refractivity contribution in [1.82, 2.24) is 4.57 Å². The quantitative estimate of drug-likeness (QED) is 0.516. The molecule has 0 aliphatic heterocycles. The van der Waals surface area contributed by atoms with E-state index in [1.807, 2.05) is 25.1 Å². The number of aromatic nitrogens is 1. The lowest BCUT2D eigenvalue weighted by Crippen LogP contribution is -2.13. The van der Waals surface area contributed by atoms with Crippen LogP contribution >= 0.6 is 11.3 Å². The summed E-state index contributed by atoms with van der Waals surface area (Å²) in [4.78, 5) is 37.2. The van der Waals surface area contributed by atoms with Gasteiger partial charge in [0.05, 0.1) is 31.7 Å². The number of non-ortho nitro benzene ring substituents is 2. The number of amides is 1. The second-order valence-corrected chi connectivity index (χ2v) is 6.59. The third-order valence-electron chi connectivity index (χ3n) is 3.73. The van der Waals surface area contributed by atoms with Crippen LogP contribution in [0.3, 0.4) is 0 Å². The molecule has 0 bridgehead atoms. The lowest BCUT2D eigenvalue weighted by Gasteiger charge is -1.98. The molecule has 0 N–H and O–H groups in total. The van der Waals surface area contributed by atoms with Crippen LogP contribution in [-0.4, -0.2) is 20.3 Å². The Labute approximate surface area is 150 Å². The molecule has 0 spiro atoms. The number of fused-ring (bicyclic) bond motifs is 1. The van der Waals surface area contributed by atoms with E-state index in [1.54, 1.807) is 11.6 Å². The summed E-state index contributed by atoms with van der Waals surface area (Å²) in [7, 11) is 1.75. The molecule has 9 nitrogen and oxygen atoms in total. The summed E-state index contributed by atoms with van der Waals surface area (Å²) in [5.41, 5.74) is 0.673. The Hall–Kier alpha value is -3.40. The van der Waals surface area contributed by atoms with Gasteiger partial charge in [-0.15, -0.1) is 0 Å². The van der Waals surface area contributed by atoms with Gasteiger partial charge < -0.3 is 4.57 Å². The maximum absolute atomic E-state index is 12.4. The summed E-state index contributed by atoms with van der Waals surface area (Å²) in [6.45, 7) is 1.95. The van der Waals surface area contributed by atoms with Crippen LogP contribution in [0.25, 0.3) is 10.2 Å². The standard InChI is InChI=1S/C16H12N4O5S/c1-9-3-4-13-14(5-9)26-16(18(13)2)17-15(21)10-6-11(19(22)23)8-12(7-10)20(24)25/h3-8H,1-2H3. The molecular weight excluding hydrogens is 360 g/mol. The first-order chi connectivity index (χ1) is 12.3. The molecule has 1 aromatic heterocycles. The highest BCUT2D eigenvalue weighted by atomic mass is 32.1. The molecule has 0 unspecified atom stereocenters. The van der Waals surface area contributed by atoms with Crippen molar-refractivity contribution in [2.75, 3.05) is 0 Å². The van der Waals surface area contributed by atoms with Crippen molar-refractivity contribution >= 4 is 38.8 Å². The smallest absolute Gasteiger partial charge is 0.280 e.